The molecule has 2 aliphatic heterocycles. The van der Waals surface area contributed by atoms with Gasteiger partial charge in [0.05, 0.1) is 11.3 Å². The van der Waals surface area contributed by atoms with E-state index in [0.29, 0.717) is 23.8 Å². The number of fused-ring (bicyclic) bond motifs is 1. The number of aromatic nitrogens is 3. The van der Waals surface area contributed by atoms with Gasteiger partial charge in [0.1, 0.15) is 0 Å². The van der Waals surface area contributed by atoms with Crippen molar-refractivity contribution in [2.75, 3.05) is 29.4 Å². The number of hydrogen-bond donors (Lipinski definition) is 2. The van der Waals surface area contributed by atoms with Gasteiger partial charge in [-0.15, -0.1) is 0 Å². The molecule has 0 bridgehead atoms. The predicted molar refractivity (Wildman–Crippen MR) is 165 cm³/mol. The number of benzene rings is 1. The normalized spacial score (nSPS) is 17.6. The van der Waals surface area contributed by atoms with Crippen LogP contribution in [0.5, 0.6) is 0 Å². The Morgan fingerprint density at radius 2 is 1.76 bits per heavy atom. The Morgan fingerprint density at radius 3 is 2.40 bits per heavy atom. The van der Waals surface area contributed by atoms with E-state index < -0.39 is 17.7 Å². The van der Waals surface area contributed by atoms with Crippen LogP contribution in [0, 0.1) is 19.3 Å². The minimum atomic E-state index is -1.14. The fourth-order valence-corrected chi connectivity index (χ4v) is 6.16. The summed E-state index contributed by atoms with van der Waals surface area (Å²) in [5.41, 5.74) is 6.95. The van der Waals surface area contributed by atoms with Gasteiger partial charge in [0.15, 0.2) is 6.10 Å². The van der Waals surface area contributed by atoms with E-state index in [4.69, 9.17) is 9.72 Å². The Labute approximate surface area is 248 Å². The molecule has 0 spiro atoms. The van der Waals surface area contributed by atoms with Crippen molar-refractivity contribution in [2.45, 2.75) is 86.0 Å². The quantitative estimate of drug-likeness (QED) is 0.393. The molecule has 2 N–H and O–H groups in total. The van der Waals surface area contributed by atoms with Crippen LogP contribution in [0.3, 0.4) is 0 Å². The lowest BCUT2D eigenvalue weighted by molar-refractivity contribution is -0.160. The zero-order chi connectivity index (χ0) is 30.4. The standard InChI is InChI=1S/C33H43N5O4/c1-20-26(23-8-9-24-19-38(15-11-22(24)18-23)31-34-14-10-25(39)36-31)28(37-16-12-33(6,7)13-17-37)27(21(2)35-20)29(30(40)41)42-32(3,4)5/h8-10,14,18,29H,11-13,15-17,19H2,1-7H3,(H,40,41)(H,34,36,39). The SMILES string of the molecule is Cc1nc(C)c(C(OC(C)(C)C)C(=O)O)c(N2CCC(C)(C)CC2)c1-c1ccc2c(c1)CCN(c1nccc(=O)[nH]1)C2. The molecule has 1 aromatic carbocycles. The first kappa shape index (κ1) is 29.8. The van der Waals surface area contributed by atoms with E-state index in [1.165, 1.54) is 23.4 Å². The highest BCUT2D eigenvalue weighted by atomic mass is 16.5. The molecule has 224 valence electrons. The predicted octanol–water partition coefficient (Wildman–Crippen LogP) is 5.58. The monoisotopic (exact) mass is 573 g/mol. The number of aliphatic carboxylic acids is 1. The van der Waals surface area contributed by atoms with Crippen LogP contribution in [-0.2, 0) is 22.5 Å². The number of piperidine rings is 1. The molecule has 0 aliphatic carbocycles. The van der Waals surface area contributed by atoms with Crippen LogP contribution in [0.15, 0.2) is 35.3 Å². The van der Waals surface area contributed by atoms with Gasteiger partial charge in [-0.2, -0.15) is 0 Å². The van der Waals surface area contributed by atoms with Crippen molar-refractivity contribution in [3.05, 3.63) is 68.9 Å². The maximum absolute atomic E-state index is 12.8. The Bertz CT molecular complexity index is 1540. The molecule has 1 atom stereocenters. The third-order valence-corrected chi connectivity index (χ3v) is 8.43. The van der Waals surface area contributed by atoms with Crippen molar-refractivity contribution in [1.29, 1.82) is 0 Å². The fraction of sp³-hybridized carbons (Fsp3) is 0.515. The molecule has 9 heteroatoms. The summed E-state index contributed by atoms with van der Waals surface area (Å²) in [5.74, 6) is -0.435. The molecule has 2 aromatic heterocycles. The van der Waals surface area contributed by atoms with Crippen molar-refractivity contribution in [3.63, 3.8) is 0 Å². The van der Waals surface area contributed by atoms with E-state index in [9.17, 15) is 14.7 Å². The number of rotatable bonds is 6. The first-order valence-electron chi connectivity index (χ1n) is 14.8. The number of nitrogens with zero attached hydrogens (tertiary/aromatic N) is 4. The maximum Gasteiger partial charge on any atom is 0.337 e. The summed E-state index contributed by atoms with van der Waals surface area (Å²) in [6.45, 7) is 17.2. The van der Waals surface area contributed by atoms with Crippen LogP contribution in [0.1, 0.15) is 81.6 Å². The van der Waals surface area contributed by atoms with E-state index in [0.717, 1.165) is 61.4 Å². The summed E-state index contributed by atoms with van der Waals surface area (Å²) >= 11 is 0. The van der Waals surface area contributed by atoms with Crippen LogP contribution < -0.4 is 15.4 Å². The van der Waals surface area contributed by atoms with Crippen molar-refractivity contribution >= 4 is 17.6 Å². The number of ether oxygens (including phenoxy) is 1. The Kier molecular flexibility index (Phi) is 7.91. The van der Waals surface area contributed by atoms with Crippen LogP contribution in [0.2, 0.25) is 0 Å². The minimum absolute atomic E-state index is 0.164. The smallest absolute Gasteiger partial charge is 0.337 e. The minimum Gasteiger partial charge on any atom is -0.479 e. The second-order valence-electron chi connectivity index (χ2n) is 13.4. The topological polar surface area (TPSA) is 112 Å². The van der Waals surface area contributed by atoms with E-state index >= 15 is 0 Å². The van der Waals surface area contributed by atoms with Crippen LogP contribution in [0.25, 0.3) is 11.1 Å². The molecule has 5 rings (SSSR count). The Hall–Kier alpha value is -3.72. The molecule has 1 unspecified atom stereocenters. The van der Waals surface area contributed by atoms with E-state index in [1.807, 2.05) is 34.6 Å². The first-order chi connectivity index (χ1) is 19.7. The molecule has 4 heterocycles. The zero-order valence-electron chi connectivity index (χ0n) is 25.9. The number of carboxylic acid groups (broad SMARTS) is 1. The molecule has 0 saturated carbocycles. The zero-order valence-corrected chi connectivity index (χ0v) is 25.9. The number of aryl methyl sites for hydroxylation is 2. The van der Waals surface area contributed by atoms with Crippen LogP contribution in [-0.4, -0.2) is 51.3 Å². The molecule has 0 radical (unpaired) electrons. The average Bonchev–Trinajstić information content (AvgIpc) is 2.90. The van der Waals surface area contributed by atoms with Crippen molar-refractivity contribution in [2.24, 2.45) is 5.41 Å². The summed E-state index contributed by atoms with van der Waals surface area (Å²) < 4.78 is 6.22. The molecular weight excluding hydrogens is 530 g/mol. The Morgan fingerprint density at radius 1 is 1.05 bits per heavy atom. The number of carboxylic acids is 1. The second kappa shape index (κ2) is 11.2. The summed E-state index contributed by atoms with van der Waals surface area (Å²) in [4.78, 5) is 41.2. The number of H-pyrrole nitrogens is 1. The van der Waals surface area contributed by atoms with Gasteiger partial charge in [-0.3, -0.25) is 14.8 Å². The van der Waals surface area contributed by atoms with E-state index in [1.54, 1.807) is 0 Å². The molecule has 0 amide bonds. The van der Waals surface area contributed by atoms with Gasteiger partial charge >= 0.3 is 5.97 Å². The largest absolute Gasteiger partial charge is 0.479 e. The molecule has 2 aliphatic rings. The lowest BCUT2D eigenvalue weighted by Crippen LogP contribution is -2.39. The van der Waals surface area contributed by atoms with Gasteiger partial charge in [0.2, 0.25) is 5.95 Å². The summed E-state index contributed by atoms with van der Waals surface area (Å²) in [5, 5.41) is 10.4. The number of hydrogen-bond acceptors (Lipinski definition) is 7. The summed E-state index contributed by atoms with van der Waals surface area (Å²) in [7, 11) is 0. The maximum atomic E-state index is 12.8. The molecule has 42 heavy (non-hydrogen) atoms. The van der Waals surface area contributed by atoms with Crippen molar-refractivity contribution in [1.82, 2.24) is 15.0 Å². The molecule has 1 fully saturated rings. The Balaban J connectivity index is 1.62. The van der Waals surface area contributed by atoms with Gasteiger partial charge in [-0.05, 0) is 76.0 Å². The summed E-state index contributed by atoms with van der Waals surface area (Å²) in [6.07, 6.45) is 3.22. The molecule has 9 nitrogen and oxygen atoms in total. The lowest BCUT2D eigenvalue weighted by Gasteiger charge is -2.41. The molecular formula is C33H43N5O4. The second-order valence-corrected chi connectivity index (χ2v) is 13.4. The molecule has 3 aromatic rings. The molecule has 1 saturated heterocycles. The fourth-order valence-electron chi connectivity index (χ4n) is 6.16. The first-order valence-corrected chi connectivity index (χ1v) is 14.8. The van der Waals surface area contributed by atoms with Gasteiger partial charge in [-0.1, -0.05) is 32.0 Å². The van der Waals surface area contributed by atoms with Crippen molar-refractivity contribution < 1.29 is 14.6 Å². The highest BCUT2D eigenvalue weighted by molar-refractivity contribution is 5.88. The van der Waals surface area contributed by atoms with E-state index in [2.05, 4.69) is 51.8 Å². The lowest BCUT2D eigenvalue weighted by atomic mass is 9.81. The third kappa shape index (κ3) is 6.21. The number of carbonyl (C=O) groups is 1. The van der Waals surface area contributed by atoms with Crippen LogP contribution in [0.4, 0.5) is 11.6 Å². The average molecular weight is 574 g/mol. The highest BCUT2D eigenvalue weighted by Gasteiger charge is 2.36. The van der Waals surface area contributed by atoms with Gasteiger partial charge < -0.3 is 19.6 Å². The third-order valence-electron chi connectivity index (χ3n) is 8.43. The van der Waals surface area contributed by atoms with Crippen LogP contribution >= 0.6 is 0 Å². The number of nitrogens with one attached hydrogen (secondary N) is 1. The number of anilines is 2. The highest BCUT2D eigenvalue weighted by Crippen LogP contribution is 2.45. The van der Waals surface area contributed by atoms with E-state index in [-0.39, 0.29) is 11.0 Å². The van der Waals surface area contributed by atoms with Crippen molar-refractivity contribution in [3.8, 4) is 11.1 Å². The summed E-state index contributed by atoms with van der Waals surface area (Å²) in [6, 6.07) is 7.90. The number of aromatic amines is 1. The van der Waals surface area contributed by atoms with Gasteiger partial charge in [-0.25, -0.2) is 9.78 Å². The number of pyridine rings is 1. The van der Waals surface area contributed by atoms with Gasteiger partial charge in [0, 0.05) is 61.0 Å². The van der Waals surface area contributed by atoms with Gasteiger partial charge in [0.25, 0.3) is 5.56 Å².